The molecule has 1 N–H and O–H groups in total. The van der Waals surface area contributed by atoms with Crippen molar-refractivity contribution >= 4 is 29.2 Å². The smallest absolute Gasteiger partial charge is 0.327 e. The van der Waals surface area contributed by atoms with Crippen LogP contribution in [0.2, 0.25) is 0 Å². The van der Waals surface area contributed by atoms with E-state index in [1.165, 1.54) is 19.3 Å². The van der Waals surface area contributed by atoms with Gasteiger partial charge in [-0.05, 0) is 56.4 Å². The van der Waals surface area contributed by atoms with E-state index in [1.807, 2.05) is 24.3 Å². The van der Waals surface area contributed by atoms with Gasteiger partial charge in [0.2, 0.25) is 5.91 Å². The average Bonchev–Trinajstić information content (AvgIpc) is 3.46. The fourth-order valence-corrected chi connectivity index (χ4v) is 3.64. The van der Waals surface area contributed by atoms with Crippen LogP contribution in [0.4, 0.5) is 16.2 Å². The Morgan fingerprint density at radius 2 is 1.73 bits per heavy atom. The van der Waals surface area contributed by atoms with Gasteiger partial charge in [0.15, 0.2) is 0 Å². The second kappa shape index (κ2) is 6.97. The first-order chi connectivity index (χ1) is 12.6. The summed E-state index contributed by atoms with van der Waals surface area (Å²) in [6, 6.07) is 7.58. The molecule has 0 aromatic heterocycles. The molecule has 2 heterocycles. The quantitative estimate of drug-likeness (QED) is 0.820. The van der Waals surface area contributed by atoms with E-state index in [4.69, 9.17) is 0 Å². The molecule has 2 saturated heterocycles. The molecule has 7 nitrogen and oxygen atoms in total. The molecule has 26 heavy (non-hydrogen) atoms. The van der Waals surface area contributed by atoms with Gasteiger partial charge in [-0.25, -0.2) is 4.79 Å². The van der Waals surface area contributed by atoms with Crippen molar-refractivity contribution in [2.45, 2.75) is 38.1 Å². The highest BCUT2D eigenvalue weighted by atomic mass is 16.2. The topological polar surface area (TPSA) is 73.0 Å². The number of urea groups is 1. The van der Waals surface area contributed by atoms with Crippen molar-refractivity contribution in [2.24, 2.45) is 0 Å². The van der Waals surface area contributed by atoms with Crippen molar-refractivity contribution in [3.05, 3.63) is 24.3 Å². The maximum atomic E-state index is 12.3. The molecular weight excluding hydrogens is 332 g/mol. The van der Waals surface area contributed by atoms with Gasteiger partial charge in [0, 0.05) is 30.5 Å². The average molecular weight is 356 g/mol. The van der Waals surface area contributed by atoms with E-state index in [0.29, 0.717) is 5.69 Å². The molecule has 0 unspecified atom stereocenters. The van der Waals surface area contributed by atoms with Crippen LogP contribution in [0.25, 0.3) is 0 Å². The summed E-state index contributed by atoms with van der Waals surface area (Å²) >= 11 is 0. The van der Waals surface area contributed by atoms with Crippen molar-refractivity contribution in [3.8, 4) is 0 Å². The summed E-state index contributed by atoms with van der Waals surface area (Å²) < 4.78 is 0. The Bertz CT molecular complexity index is 708. The van der Waals surface area contributed by atoms with E-state index < -0.39 is 0 Å². The zero-order valence-electron chi connectivity index (χ0n) is 14.8. The van der Waals surface area contributed by atoms with Gasteiger partial charge in [-0.2, -0.15) is 0 Å². The van der Waals surface area contributed by atoms with Crippen LogP contribution in [0.5, 0.6) is 0 Å². The Hall–Kier alpha value is -2.57. The number of rotatable bonds is 5. The lowest BCUT2D eigenvalue weighted by Crippen LogP contribution is -2.39. The summed E-state index contributed by atoms with van der Waals surface area (Å²) in [5, 5.41) is 2.78. The highest BCUT2D eigenvalue weighted by Crippen LogP contribution is 2.30. The minimum atomic E-state index is -0.352. The van der Waals surface area contributed by atoms with Crippen LogP contribution in [0.1, 0.15) is 32.1 Å². The standard InChI is InChI=1S/C19H24N4O3/c24-17(12-23-18(25)13-22(19(23)26)16-8-9-16)20-14-4-6-15(7-5-14)21-10-2-1-3-11-21/h4-7,16H,1-3,8-13H2,(H,20,24). The zero-order valence-corrected chi connectivity index (χ0v) is 14.8. The maximum Gasteiger partial charge on any atom is 0.327 e. The summed E-state index contributed by atoms with van der Waals surface area (Å²) in [4.78, 5) is 41.5. The highest BCUT2D eigenvalue weighted by Gasteiger charge is 2.44. The van der Waals surface area contributed by atoms with Crippen LogP contribution >= 0.6 is 0 Å². The lowest BCUT2D eigenvalue weighted by atomic mass is 10.1. The molecule has 0 radical (unpaired) electrons. The SMILES string of the molecule is O=C(CN1C(=O)CN(C2CC2)C1=O)Nc1ccc(N2CCCCC2)cc1. The number of carbonyl (C=O) groups is 3. The van der Waals surface area contributed by atoms with Crippen LogP contribution in [-0.4, -0.2) is 59.9 Å². The van der Waals surface area contributed by atoms with Crippen molar-refractivity contribution in [1.82, 2.24) is 9.80 Å². The van der Waals surface area contributed by atoms with Crippen molar-refractivity contribution < 1.29 is 14.4 Å². The Balaban J connectivity index is 1.33. The van der Waals surface area contributed by atoms with E-state index in [0.717, 1.165) is 36.5 Å². The Kier molecular flexibility index (Phi) is 4.53. The minimum Gasteiger partial charge on any atom is -0.372 e. The number of carbonyl (C=O) groups excluding carboxylic acids is 3. The molecule has 3 aliphatic rings. The second-order valence-electron chi connectivity index (χ2n) is 7.26. The summed E-state index contributed by atoms with van der Waals surface area (Å²) in [6.45, 7) is 2.01. The van der Waals surface area contributed by atoms with E-state index >= 15 is 0 Å². The van der Waals surface area contributed by atoms with Crippen LogP contribution in [0.15, 0.2) is 24.3 Å². The number of nitrogens with zero attached hydrogens (tertiary/aromatic N) is 3. The maximum absolute atomic E-state index is 12.3. The van der Waals surface area contributed by atoms with Gasteiger partial charge in [0.1, 0.15) is 13.1 Å². The summed E-state index contributed by atoms with van der Waals surface area (Å²) in [6.07, 6.45) is 5.62. The fraction of sp³-hybridized carbons (Fsp3) is 0.526. The monoisotopic (exact) mass is 356 g/mol. The van der Waals surface area contributed by atoms with E-state index in [-0.39, 0.29) is 37.0 Å². The van der Waals surface area contributed by atoms with Crippen LogP contribution in [-0.2, 0) is 9.59 Å². The molecule has 2 aliphatic heterocycles. The third kappa shape index (κ3) is 3.52. The van der Waals surface area contributed by atoms with Gasteiger partial charge in [-0.3, -0.25) is 14.5 Å². The third-order valence-electron chi connectivity index (χ3n) is 5.24. The highest BCUT2D eigenvalue weighted by molar-refractivity contribution is 6.06. The molecule has 0 bridgehead atoms. The molecule has 7 heteroatoms. The van der Waals surface area contributed by atoms with Crippen molar-refractivity contribution in [1.29, 1.82) is 0 Å². The molecule has 1 aromatic carbocycles. The van der Waals surface area contributed by atoms with Gasteiger partial charge in [-0.1, -0.05) is 0 Å². The Morgan fingerprint density at radius 1 is 1.04 bits per heavy atom. The number of nitrogens with one attached hydrogen (secondary N) is 1. The normalized spacial score (nSPS) is 20.7. The van der Waals surface area contributed by atoms with Crippen molar-refractivity contribution in [3.63, 3.8) is 0 Å². The molecule has 3 fully saturated rings. The third-order valence-corrected chi connectivity index (χ3v) is 5.24. The molecule has 0 spiro atoms. The number of amides is 4. The molecular formula is C19H24N4O3. The van der Waals surface area contributed by atoms with Gasteiger partial charge in [0.25, 0.3) is 5.91 Å². The predicted octanol–water partition coefficient (Wildman–Crippen LogP) is 2.04. The van der Waals surface area contributed by atoms with Crippen LogP contribution in [0, 0.1) is 0 Å². The summed E-state index contributed by atoms with van der Waals surface area (Å²) in [7, 11) is 0. The molecule has 1 aliphatic carbocycles. The van der Waals surface area contributed by atoms with Gasteiger partial charge in [-0.15, -0.1) is 0 Å². The van der Waals surface area contributed by atoms with Gasteiger partial charge in [0.05, 0.1) is 0 Å². The first kappa shape index (κ1) is 16.9. The number of piperidine rings is 1. The molecule has 138 valence electrons. The number of benzene rings is 1. The number of hydrogen-bond acceptors (Lipinski definition) is 4. The molecule has 0 atom stereocenters. The van der Waals surface area contributed by atoms with Gasteiger partial charge >= 0.3 is 6.03 Å². The van der Waals surface area contributed by atoms with E-state index in [1.54, 1.807) is 4.90 Å². The lowest BCUT2D eigenvalue weighted by Gasteiger charge is -2.28. The second-order valence-corrected chi connectivity index (χ2v) is 7.26. The minimum absolute atomic E-state index is 0.0985. The van der Waals surface area contributed by atoms with Crippen LogP contribution in [0.3, 0.4) is 0 Å². The van der Waals surface area contributed by atoms with Gasteiger partial charge < -0.3 is 15.1 Å². The lowest BCUT2D eigenvalue weighted by molar-refractivity contribution is -0.129. The number of imide groups is 1. The molecule has 4 amide bonds. The first-order valence-corrected chi connectivity index (χ1v) is 9.37. The molecule has 4 rings (SSSR count). The Labute approximate surface area is 152 Å². The van der Waals surface area contributed by atoms with Crippen molar-refractivity contribution in [2.75, 3.05) is 36.4 Å². The number of hydrogen-bond donors (Lipinski definition) is 1. The Morgan fingerprint density at radius 3 is 2.38 bits per heavy atom. The van der Waals surface area contributed by atoms with E-state index in [9.17, 15) is 14.4 Å². The summed E-state index contributed by atoms with van der Waals surface area (Å²) in [5.41, 5.74) is 1.83. The van der Waals surface area contributed by atoms with E-state index in [2.05, 4.69) is 10.2 Å². The van der Waals surface area contributed by atoms with Crippen LogP contribution < -0.4 is 10.2 Å². The largest absolute Gasteiger partial charge is 0.372 e. The molecule has 1 saturated carbocycles. The summed E-state index contributed by atoms with van der Waals surface area (Å²) in [5.74, 6) is -0.646. The molecule has 1 aromatic rings. The predicted molar refractivity (Wildman–Crippen MR) is 98.0 cm³/mol. The first-order valence-electron chi connectivity index (χ1n) is 9.37. The fourth-order valence-electron chi connectivity index (χ4n) is 3.64. The number of anilines is 2. The zero-order chi connectivity index (χ0) is 18.1.